The second-order valence-electron chi connectivity index (χ2n) is 7.70. The first-order valence-corrected chi connectivity index (χ1v) is 12.5. The molecule has 1 unspecified atom stereocenters. The second kappa shape index (κ2) is 7.63. The topological polar surface area (TPSA) is 0 Å². The van der Waals surface area contributed by atoms with Crippen molar-refractivity contribution in [1.82, 2.24) is 0 Å². The normalized spacial score (nSPS) is 19.8. The largest absolute Gasteiger partial charge is 0.141 e. The van der Waals surface area contributed by atoms with Gasteiger partial charge in [0.05, 0.1) is 0 Å². The minimum absolute atomic E-state index is 1.25. The molecule has 1 atom stereocenters. The third-order valence-electron chi connectivity index (χ3n) is 6.11. The van der Waals surface area contributed by atoms with Crippen molar-refractivity contribution in [1.29, 1.82) is 0 Å². The Morgan fingerprint density at radius 2 is 1.42 bits per heavy atom. The van der Waals surface area contributed by atoms with E-state index in [1.807, 2.05) is 0 Å². The summed E-state index contributed by atoms with van der Waals surface area (Å²) in [6, 6.07) is 27.2. The van der Waals surface area contributed by atoms with Gasteiger partial charge in [-0.2, -0.15) is 0 Å². The molecule has 0 N–H and O–H groups in total. The third-order valence-corrected chi connectivity index (χ3v) is 10.9. The van der Waals surface area contributed by atoms with E-state index in [0.29, 0.717) is 0 Å². The van der Waals surface area contributed by atoms with Crippen LogP contribution in [0.1, 0.15) is 38.5 Å². The van der Waals surface area contributed by atoms with E-state index in [2.05, 4.69) is 85.4 Å². The molecule has 0 bridgehead atoms. The van der Waals surface area contributed by atoms with Crippen LogP contribution in [-0.2, 0) is 0 Å². The molecule has 26 heavy (non-hydrogen) atoms. The Balaban J connectivity index is 1.96. The van der Waals surface area contributed by atoms with Crippen LogP contribution in [-0.4, -0.2) is 8.07 Å². The highest BCUT2D eigenvalue weighted by Gasteiger charge is 2.36. The first-order valence-electron chi connectivity index (χ1n) is 10.0. The van der Waals surface area contributed by atoms with Crippen molar-refractivity contribution in [2.24, 2.45) is 0 Å². The SMILES string of the molecule is C[Si](/C1=C/CCCCCC1)(c1ccccc1)c1cccc2ccccc12. The fraction of sp³-hybridized carbons (Fsp3) is 0.280. The van der Waals surface area contributed by atoms with E-state index in [-0.39, 0.29) is 0 Å². The van der Waals surface area contributed by atoms with Crippen molar-refractivity contribution in [3.8, 4) is 0 Å². The molecular formula is C25H28Si. The van der Waals surface area contributed by atoms with Crippen LogP contribution in [0.5, 0.6) is 0 Å². The van der Waals surface area contributed by atoms with Crippen LogP contribution >= 0.6 is 0 Å². The van der Waals surface area contributed by atoms with Gasteiger partial charge in [0.1, 0.15) is 8.07 Å². The maximum Gasteiger partial charge on any atom is 0.141 e. The second-order valence-corrected chi connectivity index (χ2v) is 11.7. The number of allylic oxidation sites excluding steroid dienone is 2. The predicted molar refractivity (Wildman–Crippen MR) is 117 cm³/mol. The number of rotatable bonds is 3. The molecule has 1 aliphatic carbocycles. The Morgan fingerprint density at radius 1 is 0.692 bits per heavy atom. The van der Waals surface area contributed by atoms with E-state index >= 15 is 0 Å². The molecule has 0 fully saturated rings. The average Bonchev–Trinajstić information content (AvgIpc) is 2.67. The van der Waals surface area contributed by atoms with Crippen LogP contribution in [0.15, 0.2) is 84.1 Å². The Hall–Kier alpha value is -2.12. The lowest BCUT2D eigenvalue weighted by Crippen LogP contribution is -2.58. The standard InChI is InChI=1S/C25H28Si/c1-26(23-17-8-5-9-18-23,22-15-6-3-2-4-7-16-22)25-20-12-14-21-13-10-11-19-24(21)25/h5,8-15,17-20H,2-4,6-7,16H2,1H3/b22-15+. The average molecular weight is 357 g/mol. The number of benzene rings is 3. The summed E-state index contributed by atoms with van der Waals surface area (Å²) in [5.41, 5.74) is 0. The molecule has 1 heteroatoms. The van der Waals surface area contributed by atoms with Gasteiger partial charge < -0.3 is 0 Å². The first kappa shape index (κ1) is 17.3. The summed E-state index contributed by atoms with van der Waals surface area (Å²) >= 11 is 0. The highest BCUT2D eigenvalue weighted by molar-refractivity contribution is 7.07. The molecule has 132 valence electrons. The third kappa shape index (κ3) is 3.17. The van der Waals surface area contributed by atoms with E-state index < -0.39 is 8.07 Å². The number of fused-ring (bicyclic) bond motifs is 1. The number of hydrogen-bond acceptors (Lipinski definition) is 0. The molecule has 3 aromatic carbocycles. The van der Waals surface area contributed by atoms with E-state index in [4.69, 9.17) is 0 Å². The van der Waals surface area contributed by atoms with Gasteiger partial charge in [-0.3, -0.25) is 0 Å². The molecule has 0 radical (unpaired) electrons. The lowest BCUT2D eigenvalue weighted by Gasteiger charge is -2.34. The molecule has 0 amide bonds. The van der Waals surface area contributed by atoms with Crippen LogP contribution in [0.25, 0.3) is 10.8 Å². The quantitative estimate of drug-likeness (QED) is 0.516. The van der Waals surface area contributed by atoms with Crippen molar-refractivity contribution in [3.05, 3.63) is 84.1 Å². The minimum atomic E-state index is -1.96. The van der Waals surface area contributed by atoms with Gasteiger partial charge in [0, 0.05) is 0 Å². The number of hydrogen-bond donors (Lipinski definition) is 0. The van der Waals surface area contributed by atoms with Gasteiger partial charge in [-0.05, 0) is 46.8 Å². The molecule has 0 aromatic heterocycles. The lowest BCUT2D eigenvalue weighted by molar-refractivity contribution is 0.633. The molecule has 0 saturated carbocycles. The van der Waals surface area contributed by atoms with Crippen LogP contribution in [0.3, 0.4) is 0 Å². The molecule has 0 aliphatic heterocycles. The summed E-state index contributed by atoms with van der Waals surface area (Å²) < 4.78 is 0. The van der Waals surface area contributed by atoms with Crippen LogP contribution < -0.4 is 10.4 Å². The summed E-state index contributed by atoms with van der Waals surface area (Å²) in [5.74, 6) is 0. The molecule has 4 rings (SSSR count). The molecule has 0 saturated heterocycles. The smallest absolute Gasteiger partial charge is 0.0885 e. The monoisotopic (exact) mass is 356 g/mol. The zero-order valence-electron chi connectivity index (χ0n) is 15.7. The van der Waals surface area contributed by atoms with Gasteiger partial charge in [0.15, 0.2) is 0 Å². The maximum absolute atomic E-state index is 2.61. The van der Waals surface area contributed by atoms with Crippen LogP contribution in [0, 0.1) is 0 Å². The molecule has 1 aliphatic rings. The highest BCUT2D eigenvalue weighted by Crippen LogP contribution is 2.27. The zero-order valence-corrected chi connectivity index (χ0v) is 16.7. The fourth-order valence-electron chi connectivity index (χ4n) is 4.59. The van der Waals surface area contributed by atoms with Crippen molar-refractivity contribution in [2.45, 2.75) is 45.1 Å². The minimum Gasteiger partial charge on any atom is -0.0885 e. The first-order chi connectivity index (χ1) is 12.8. The summed E-state index contributed by atoms with van der Waals surface area (Å²) in [6.45, 7) is 2.58. The summed E-state index contributed by atoms with van der Waals surface area (Å²) in [6.07, 6.45) is 10.6. The van der Waals surface area contributed by atoms with E-state index in [9.17, 15) is 0 Å². The summed E-state index contributed by atoms with van der Waals surface area (Å²) in [7, 11) is -1.96. The Labute approximate surface area is 158 Å². The summed E-state index contributed by atoms with van der Waals surface area (Å²) in [5, 5.41) is 7.67. The Morgan fingerprint density at radius 3 is 2.31 bits per heavy atom. The van der Waals surface area contributed by atoms with Gasteiger partial charge in [-0.1, -0.05) is 103 Å². The molecule has 0 heterocycles. The zero-order chi connectivity index (χ0) is 17.8. The van der Waals surface area contributed by atoms with Gasteiger partial charge in [-0.25, -0.2) is 0 Å². The van der Waals surface area contributed by atoms with Crippen molar-refractivity contribution < 1.29 is 0 Å². The molecule has 3 aromatic rings. The van der Waals surface area contributed by atoms with Crippen molar-refractivity contribution in [3.63, 3.8) is 0 Å². The van der Waals surface area contributed by atoms with Crippen LogP contribution in [0.2, 0.25) is 6.55 Å². The van der Waals surface area contributed by atoms with E-state index in [1.165, 1.54) is 49.3 Å². The fourth-order valence-corrected chi connectivity index (χ4v) is 8.90. The Kier molecular flexibility index (Phi) is 5.08. The maximum atomic E-state index is 2.61. The predicted octanol–water partition coefficient (Wildman–Crippen LogP) is 5.85. The van der Waals surface area contributed by atoms with Gasteiger partial charge >= 0.3 is 0 Å². The molecular weight excluding hydrogens is 328 g/mol. The van der Waals surface area contributed by atoms with E-state index in [0.717, 1.165) is 0 Å². The van der Waals surface area contributed by atoms with Crippen LogP contribution in [0.4, 0.5) is 0 Å². The van der Waals surface area contributed by atoms with Crippen molar-refractivity contribution in [2.75, 3.05) is 0 Å². The Bertz CT molecular complexity index is 904. The van der Waals surface area contributed by atoms with Gasteiger partial charge in [-0.15, -0.1) is 0 Å². The molecule has 0 spiro atoms. The molecule has 0 nitrogen and oxygen atoms in total. The van der Waals surface area contributed by atoms with Gasteiger partial charge in [0.25, 0.3) is 0 Å². The van der Waals surface area contributed by atoms with Crippen molar-refractivity contribution >= 4 is 29.2 Å². The highest BCUT2D eigenvalue weighted by atomic mass is 28.3. The summed E-state index contributed by atoms with van der Waals surface area (Å²) in [4.78, 5) is 0. The lowest BCUT2D eigenvalue weighted by atomic mass is 10.1. The van der Waals surface area contributed by atoms with E-state index in [1.54, 1.807) is 15.6 Å². The van der Waals surface area contributed by atoms with Gasteiger partial charge in [0.2, 0.25) is 0 Å².